The predicted molar refractivity (Wildman–Crippen MR) is 169 cm³/mol. The number of imidazole rings is 1. The molecule has 0 amide bonds. The highest BCUT2D eigenvalue weighted by atomic mass is 19.3. The summed E-state index contributed by atoms with van der Waals surface area (Å²) in [7, 11) is 2.17. The van der Waals surface area contributed by atoms with Crippen molar-refractivity contribution in [1.29, 1.82) is 0 Å². The van der Waals surface area contributed by atoms with Crippen LogP contribution >= 0.6 is 0 Å². The molecule has 7 rings (SSSR count). The summed E-state index contributed by atoms with van der Waals surface area (Å²) in [6.07, 6.45) is 3.25. The molecule has 5 heterocycles. The van der Waals surface area contributed by atoms with Crippen LogP contribution < -0.4 is 4.90 Å². The van der Waals surface area contributed by atoms with Crippen LogP contribution in [0.2, 0.25) is 0 Å². The van der Waals surface area contributed by atoms with E-state index in [-0.39, 0.29) is 18.9 Å². The second-order valence-corrected chi connectivity index (χ2v) is 12.6. The molecule has 0 N–H and O–H groups in total. The molecule has 3 aromatic heterocycles. The van der Waals surface area contributed by atoms with Crippen molar-refractivity contribution in [2.24, 2.45) is 5.92 Å². The van der Waals surface area contributed by atoms with Gasteiger partial charge in [-0.05, 0) is 63.0 Å². The van der Waals surface area contributed by atoms with E-state index in [1.165, 1.54) is 0 Å². The van der Waals surface area contributed by atoms with Crippen LogP contribution in [0.15, 0.2) is 52.9 Å². The zero-order valence-electron chi connectivity index (χ0n) is 25.7. The summed E-state index contributed by atoms with van der Waals surface area (Å²) in [6, 6.07) is 16.0. The molecular weight excluding hydrogens is 578 g/mol. The van der Waals surface area contributed by atoms with Crippen molar-refractivity contribution in [2.45, 2.75) is 50.5 Å². The highest BCUT2D eigenvalue weighted by molar-refractivity contribution is 6.05. The molecule has 0 saturated carbocycles. The van der Waals surface area contributed by atoms with Crippen LogP contribution in [-0.4, -0.2) is 77.1 Å². The van der Waals surface area contributed by atoms with Gasteiger partial charge in [-0.25, -0.2) is 15.0 Å². The predicted octanol–water partition coefficient (Wildman–Crippen LogP) is 6.32. The largest absolute Gasteiger partial charge is 0.450 e. The van der Waals surface area contributed by atoms with Gasteiger partial charge in [-0.15, -0.1) is 0 Å². The minimum absolute atomic E-state index is 0.0583. The van der Waals surface area contributed by atoms with Crippen molar-refractivity contribution in [2.75, 3.05) is 51.3 Å². The van der Waals surface area contributed by atoms with Gasteiger partial charge in [-0.3, -0.25) is 0 Å². The van der Waals surface area contributed by atoms with Gasteiger partial charge in [0.25, 0.3) is 0 Å². The molecule has 45 heavy (non-hydrogen) atoms. The number of carbonyl (C=O) groups excluding carboxylic acids is 1. The minimum Gasteiger partial charge on any atom is -0.450 e. The molecule has 3 atom stereocenters. The van der Waals surface area contributed by atoms with E-state index in [1.54, 1.807) is 0 Å². The fourth-order valence-corrected chi connectivity index (χ4v) is 7.08. The zero-order chi connectivity index (χ0) is 31.1. The van der Waals surface area contributed by atoms with E-state index in [4.69, 9.17) is 14.1 Å². The molecular formula is C34H38F2N6O3. The number of hydrogen-bond acceptors (Lipinski definition) is 8. The van der Waals surface area contributed by atoms with Crippen molar-refractivity contribution in [1.82, 2.24) is 24.4 Å². The van der Waals surface area contributed by atoms with Crippen LogP contribution in [0, 0.1) is 5.92 Å². The van der Waals surface area contributed by atoms with Crippen molar-refractivity contribution in [3.63, 3.8) is 0 Å². The van der Waals surface area contributed by atoms with Gasteiger partial charge in [-0.1, -0.05) is 31.2 Å². The molecule has 0 bridgehead atoms. The Kier molecular flexibility index (Phi) is 7.99. The number of aromatic nitrogens is 4. The van der Waals surface area contributed by atoms with Crippen LogP contribution in [-0.2, 0) is 15.5 Å². The topological polar surface area (TPSA) is 89.5 Å². The molecule has 2 saturated heterocycles. The molecule has 11 heteroatoms. The quantitative estimate of drug-likeness (QED) is 0.133. The van der Waals surface area contributed by atoms with Gasteiger partial charge in [-0.2, -0.15) is 8.78 Å². The number of carbonyl (C=O) groups is 1. The van der Waals surface area contributed by atoms with Crippen LogP contribution in [0.4, 0.5) is 14.6 Å². The van der Waals surface area contributed by atoms with Gasteiger partial charge < -0.3 is 28.3 Å². The number of benzene rings is 2. The van der Waals surface area contributed by atoms with Crippen LogP contribution in [0.5, 0.6) is 0 Å². The van der Waals surface area contributed by atoms with E-state index < -0.39 is 18.4 Å². The number of rotatable bonds is 10. The molecule has 2 aromatic carbocycles. The molecule has 0 radical (unpaired) electrons. The molecule has 2 aliphatic heterocycles. The Morgan fingerprint density at radius 3 is 2.71 bits per heavy atom. The third-order valence-corrected chi connectivity index (χ3v) is 9.29. The lowest BCUT2D eigenvalue weighted by Crippen LogP contribution is -2.38. The van der Waals surface area contributed by atoms with E-state index >= 15 is 8.78 Å². The summed E-state index contributed by atoms with van der Waals surface area (Å²) in [5, 5.41) is 0.661. The lowest BCUT2D eigenvalue weighted by Gasteiger charge is -2.37. The number of ether oxygens (including phenoxy) is 1. The smallest absolute Gasteiger partial charge is 0.329 e. The SMILES string of the molecule is C[C@H]1CN(C)CCC1n1c(C2CCN(c3nc(C(F)(F)COCCCC=O)nc4c3oc3ccccc34)C2)nc2ccccc21. The van der Waals surface area contributed by atoms with Crippen molar-refractivity contribution < 1.29 is 22.7 Å². The molecule has 2 aliphatic rings. The van der Waals surface area contributed by atoms with E-state index in [9.17, 15) is 4.79 Å². The highest BCUT2D eigenvalue weighted by Crippen LogP contribution is 2.41. The molecule has 236 valence electrons. The first kappa shape index (κ1) is 29.7. The van der Waals surface area contributed by atoms with E-state index in [2.05, 4.69) is 51.6 Å². The number of aldehydes is 1. The molecule has 5 aromatic rings. The highest BCUT2D eigenvalue weighted by Gasteiger charge is 2.40. The van der Waals surface area contributed by atoms with Gasteiger partial charge in [0.2, 0.25) is 5.82 Å². The Morgan fingerprint density at radius 1 is 1.04 bits per heavy atom. The lowest BCUT2D eigenvalue weighted by molar-refractivity contribution is -0.108. The summed E-state index contributed by atoms with van der Waals surface area (Å²) in [4.78, 5) is 29.0. The molecule has 0 aliphatic carbocycles. The molecule has 2 fully saturated rings. The Hall–Kier alpha value is -3.96. The fraction of sp³-hybridized carbons (Fsp3) is 0.471. The molecule has 9 nitrogen and oxygen atoms in total. The number of alkyl halides is 2. The summed E-state index contributed by atoms with van der Waals surface area (Å²) in [5.41, 5.74) is 3.46. The summed E-state index contributed by atoms with van der Waals surface area (Å²) in [6.45, 7) is 4.74. The number of fused-ring (bicyclic) bond motifs is 4. The summed E-state index contributed by atoms with van der Waals surface area (Å²) in [5.74, 6) is -2.07. The summed E-state index contributed by atoms with van der Waals surface area (Å²) < 4.78 is 45.1. The van der Waals surface area contributed by atoms with E-state index in [1.807, 2.05) is 35.2 Å². The number of nitrogens with zero attached hydrogens (tertiary/aromatic N) is 6. The normalized spacial score (nSPS) is 21.4. The van der Waals surface area contributed by atoms with Gasteiger partial charge >= 0.3 is 5.92 Å². The zero-order valence-corrected chi connectivity index (χ0v) is 25.7. The third kappa shape index (κ3) is 5.56. The van der Waals surface area contributed by atoms with Gasteiger partial charge in [0.1, 0.15) is 29.8 Å². The number of para-hydroxylation sites is 3. The first-order valence-electron chi connectivity index (χ1n) is 15.8. The number of furan rings is 1. The maximum absolute atomic E-state index is 15.6. The first-order chi connectivity index (χ1) is 21.8. The third-order valence-electron chi connectivity index (χ3n) is 9.29. The molecule has 2 unspecified atom stereocenters. The number of unbranched alkanes of at least 4 members (excludes halogenated alkanes) is 1. The van der Waals surface area contributed by atoms with Crippen LogP contribution in [0.1, 0.15) is 56.2 Å². The maximum atomic E-state index is 15.6. The Bertz CT molecular complexity index is 1840. The van der Waals surface area contributed by atoms with Gasteiger partial charge in [0.05, 0.1) is 11.0 Å². The fourth-order valence-electron chi connectivity index (χ4n) is 7.08. The Morgan fingerprint density at radius 2 is 1.87 bits per heavy atom. The second-order valence-electron chi connectivity index (χ2n) is 12.6. The lowest BCUT2D eigenvalue weighted by atomic mass is 9.93. The number of halogens is 2. The van der Waals surface area contributed by atoms with Crippen molar-refractivity contribution in [3.05, 3.63) is 60.2 Å². The maximum Gasteiger partial charge on any atom is 0.329 e. The van der Waals surface area contributed by atoms with Gasteiger partial charge in [0.15, 0.2) is 11.4 Å². The molecule has 0 spiro atoms. The number of hydrogen-bond donors (Lipinski definition) is 0. The number of piperidine rings is 1. The van der Waals surface area contributed by atoms with Crippen LogP contribution in [0.25, 0.3) is 33.1 Å². The summed E-state index contributed by atoms with van der Waals surface area (Å²) >= 11 is 0. The first-order valence-corrected chi connectivity index (χ1v) is 15.8. The monoisotopic (exact) mass is 616 g/mol. The van der Waals surface area contributed by atoms with Gasteiger partial charge in [0, 0.05) is 50.0 Å². The van der Waals surface area contributed by atoms with Crippen molar-refractivity contribution >= 4 is 45.2 Å². The number of likely N-dealkylation sites (tertiary alicyclic amines) is 1. The van der Waals surface area contributed by atoms with Crippen molar-refractivity contribution in [3.8, 4) is 0 Å². The minimum atomic E-state index is -3.43. The second kappa shape index (κ2) is 12.1. The van der Waals surface area contributed by atoms with Crippen LogP contribution in [0.3, 0.4) is 0 Å². The Labute approximate surface area is 260 Å². The van der Waals surface area contributed by atoms with E-state index in [0.29, 0.717) is 59.4 Å². The van der Waals surface area contributed by atoms with E-state index in [0.717, 1.165) is 49.1 Å². The standard InChI is InChI=1S/C34H38F2N6O3/c1-22-19-40(2)15-14-26(22)42-27-11-5-4-10-25(27)37-31(42)23-13-16-41(20-23)32-30-29(24-9-3-6-12-28(24)45-30)38-33(39-32)34(35,36)21-44-18-8-7-17-43/h3-6,9-12,17,22-23,26H,7-8,13-16,18-21H2,1-2H3/t22-,23?,26?/m0/s1. The Balaban J connectivity index is 1.25. The average Bonchev–Trinajstić information content (AvgIpc) is 3.76. The average molecular weight is 617 g/mol. The number of anilines is 1.